The van der Waals surface area contributed by atoms with Gasteiger partial charge in [0.05, 0.1) is 6.04 Å². The van der Waals surface area contributed by atoms with Gasteiger partial charge in [-0.15, -0.1) is 5.10 Å². The Morgan fingerprint density at radius 2 is 1.62 bits per heavy atom. The highest BCUT2D eigenvalue weighted by Crippen LogP contribution is 2.32. The molecule has 0 spiro atoms. The van der Waals surface area contributed by atoms with E-state index in [1.807, 2.05) is 12.1 Å². The summed E-state index contributed by atoms with van der Waals surface area (Å²) >= 11 is 0. The van der Waals surface area contributed by atoms with Crippen molar-refractivity contribution in [3.8, 4) is 11.3 Å². The Kier molecular flexibility index (Phi) is 2.71. The number of ether oxygens (including phenoxy) is 1. The van der Waals surface area contributed by atoms with Crippen LogP contribution in [-0.2, 0) is 4.74 Å². The van der Waals surface area contributed by atoms with Gasteiger partial charge in [0.1, 0.15) is 5.69 Å². The number of benzene rings is 1. The van der Waals surface area contributed by atoms with Crippen molar-refractivity contribution in [2.75, 3.05) is 13.2 Å². The molecule has 6 nitrogen and oxygen atoms in total. The van der Waals surface area contributed by atoms with Gasteiger partial charge >= 0.3 is 0 Å². The van der Waals surface area contributed by atoms with E-state index in [4.69, 9.17) is 4.74 Å². The number of hydrogen-bond acceptors (Lipinski definition) is 5. The van der Waals surface area contributed by atoms with Crippen molar-refractivity contribution in [2.24, 2.45) is 0 Å². The predicted octanol–water partition coefficient (Wildman–Crippen LogP) is 1.68. The van der Waals surface area contributed by atoms with E-state index < -0.39 is 11.6 Å². The maximum absolute atomic E-state index is 12.2. The van der Waals surface area contributed by atoms with Crippen LogP contribution in [0, 0.1) is 0 Å². The van der Waals surface area contributed by atoms with Gasteiger partial charge < -0.3 is 4.74 Å². The average Bonchev–Trinajstić information content (AvgIpc) is 2.99. The maximum atomic E-state index is 12.2. The normalized spacial score (nSPS) is 18.5. The summed E-state index contributed by atoms with van der Waals surface area (Å²) in [4.78, 5) is 25.9. The van der Waals surface area contributed by atoms with Crippen molar-refractivity contribution in [3.63, 3.8) is 0 Å². The molecule has 0 amide bonds. The summed E-state index contributed by atoms with van der Waals surface area (Å²) in [6, 6.07) is 7.17. The van der Waals surface area contributed by atoms with Crippen LogP contribution in [0.5, 0.6) is 0 Å². The third kappa shape index (κ3) is 1.83. The first-order valence-corrected chi connectivity index (χ1v) is 6.98. The fourth-order valence-corrected chi connectivity index (χ4v) is 2.85. The van der Waals surface area contributed by atoms with Gasteiger partial charge in [-0.2, -0.15) is 9.90 Å². The van der Waals surface area contributed by atoms with Crippen LogP contribution in [0.2, 0.25) is 0 Å². The minimum absolute atomic E-state index is 0.124. The van der Waals surface area contributed by atoms with E-state index >= 15 is 0 Å². The molecule has 21 heavy (non-hydrogen) atoms. The van der Waals surface area contributed by atoms with Crippen LogP contribution >= 0.6 is 0 Å². The number of Topliss-reactive ketones (excluding diaryl/α,β-unsaturated/α-hetero) is 2. The monoisotopic (exact) mass is 283 g/mol. The van der Waals surface area contributed by atoms with Crippen LogP contribution in [0.4, 0.5) is 0 Å². The lowest BCUT2D eigenvalue weighted by atomic mass is 9.90. The van der Waals surface area contributed by atoms with E-state index in [0.29, 0.717) is 30.0 Å². The second-order valence-electron chi connectivity index (χ2n) is 5.26. The summed E-state index contributed by atoms with van der Waals surface area (Å²) in [7, 11) is 0. The molecule has 2 aliphatic rings. The van der Waals surface area contributed by atoms with Crippen LogP contribution in [-0.4, -0.2) is 39.8 Å². The highest BCUT2D eigenvalue weighted by molar-refractivity contribution is 6.52. The van der Waals surface area contributed by atoms with Crippen molar-refractivity contribution in [1.29, 1.82) is 0 Å². The fourth-order valence-electron chi connectivity index (χ4n) is 2.85. The molecular weight excluding hydrogens is 270 g/mol. The predicted molar refractivity (Wildman–Crippen MR) is 73.2 cm³/mol. The van der Waals surface area contributed by atoms with Gasteiger partial charge in [-0.05, 0) is 12.8 Å². The minimum atomic E-state index is -0.568. The number of carbonyl (C=O) groups is 2. The van der Waals surface area contributed by atoms with Gasteiger partial charge in [-0.1, -0.05) is 24.3 Å². The number of aromatic nitrogens is 3. The zero-order chi connectivity index (χ0) is 14.4. The molecule has 1 saturated heterocycles. The molecule has 1 fully saturated rings. The molecule has 0 atom stereocenters. The molecule has 1 aliphatic carbocycles. The van der Waals surface area contributed by atoms with Crippen LogP contribution in [0.15, 0.2) is 24.3 Å². The van der Waals surface area contributed by atoms with Gasteiger partial charge in [-0.3, -0.25) is 9.59 Å². The molecular formula is C15H13N3O3. The number of ketones is 2. The summed E-state index contributed by atoms with van der Waals surface area (Å²) in [6.45, 7) is 1.33. The van der Waals surface area contributed by atoms with E-state index in [1.54, 1.807) is 16.9 Å². The number of nitrogens with zero attached hydrogens (tertiary/aromatic N) is 3. The van der Waals surface area contributed by atoms with Crippen LogP contribution in [0.1, 0.15) is 39.7 Å². The van der Waals surface area contributed by atoms with Gasteiger partial charge in [0, 0.05) is 24.3 Å². The summed E-state index contributed by atoms with van der Waals surface area (Å²) in [5, 5.41) is 8.76. The van der Waals surface area contributed by atoms with Crippen LogP contribution in [0.25, 0.3) is 11.3 Å². The zero-order valence-electron chi connectivity index (χ0n) is 11.3. The standard InChI is InChI=1S/C15H13N3O3/c19-14-11-4-2-1-3-10(11)12-13(15(14)20)17-18(16-12)9-5-7-21-8-6-9/h1-4,9H,5-8H2. The molecule has 0 bridgehead atoms. The molecule has 2 heterocycles. The first-order chi connectivity index (χ1) is 10.3. The third-order valence-corrected chi connectivity index (χ3v) is 3.99. The van der Waals surface area contributed by atoms with Gasteiger partial charge in [0.15, 0.2) is 5.69 Å². The number of fused-ring (bicyclic) bond motifs is 3. The number of rotatable bonds is 1. The molecule has 6 heteroatoms. The molecule has 4 rings (SSSR count). The Morgan fingerprint density at radius 1 is 0.952 bits per heavy atom. The quantitative estimate of drug-likeness (QED) is 0.744. The lowest BCUT2D eigenvalue weighted by molar-refractivity contribution is 0.0619. The van der Waals surface area contributed by atoms with Gasteiger partial charge in [0.25, 0.3) is 5.78 Å². The summed E-state index contributed by atoms with van der Waals surface area (Å²) in [5.74, 6) is -1.07. The van der Waals surface area contributed by atoms with Crippen molar-refractivity contribution >= 4 is 11.6 Å². The van der Waals surface area contributed by atoms with Crippen molar-refractivity contribution in [2.45, 2.75) is 18.9 Å². The molecule has 0 saturated carbocycles. The largest absolute Gasteiger partial charge is 0.381 e. The topological polar surface area (TPSA) is 74.1 Å². The summed E-state index contributed by atoms with van der Waals surface area (Å²) in [5.41, 5.74) is 1.79. The first kappa shape index (κ1) is 12.4. The first-order valence-electron chi connectivity index (χ1n) is 6.98. The van der Waals surface area contributed by atoms with Crippen LogP contribution in [0.3, 0.4) is 0 Å². The molecule has 1 aromatic heterocycles. The zero-order valence-corrected chi connectivity index (χ0v) is 11.3. The Bertz CT molecular complexity index is 744. The summed E-state index contributed by atoms with van der Waals surface area (Å²) in [6.07, 6.45) is 1.63. The van der Waals surface area contributed by atoms with Gasteiger partial charge in [-0.25, -0.2) is 0 Å². The van der Waals surface area contributed by atoms with Crippen molar-refractivity contribution < 1.29 is 14.3 Å². The molecule has 0 N–H and O–H groups in total. The van der Waals surface area contributed by atoms with Gasteiger partial charge in [0.2, 0.25) is 5.78 Å². The van der Waals surface area contributed by atoms with E-state index in [2.05, 4.69) is 10.2 Å². The van der Waals surface area contributed by atoms with E-state index in [9.17, 15) is 9.59 Å². The summed E-state index contributed by atoms with van der Waals surface area (Å²) < 4.78 is 5.33. The van der Waals surface area contributed by atoms with Crippen molar-refractivity contribution in [1.82, 2.24) is 15.0 Å². The smallest absolute Gasteiger partial charge is 0.256 e. The highest BCUT2D eigenvalue weighted by Gasteiger charge is 2.35. The molecule has 1 aliphatic heterocycles. The van der Waals surface area contributed by atoms with E-state index in [-0.39, 0.29) is 11.7 Å². The fraction of sp³-hybridized carbons (Fsp3) is 0.333. The molecule has 2 aromatic rings. The second kappa shape index (κ2) is 4.60. The molecule has 1 aromatic carbocycles. The minimum Gasteiger partial charge on any atom is -0.381 e. The second-order valence-corrected chi connectivity index (χ2v) is 5.26. The lowest BCUT2D eigenvalue weighted by Crippen LogP contribution is -2.22. The molecule has 106 valence electrons. The molecule has 0 unspecified atom stereocenters. The van der Waals surface area contributed by atoms with E-state index in [1.165, 1.54) is 0 Å². The van der Waals surface area contributed by atoms with Crippen LogP contribution < -0.4 is 0 Å². The average molecular weight is 283 g/mol. The maximum Gasteiger partial charge on any atom is 0.256 e. The number of hydrogen-bond donors (Lipinski definition) is 0. The Labute approximate surface area is 120 Å². The SMILES string of the molecule is O=C1C(=O)c2nn(C3CCOCC3)nc2-c2ccccc21. The highest BCUT2D eigenvalue weighted by atomic mass is 16.5. The Hall–Kier alpha value is -2.34. The Balaban J connectivity index is 1.84. The number of carbonyl (C=O) groups excluding carboxylic acids is 2. The molecule has 0 radical (unpaired) electrons. The van der Waals surface area contributed by atoms with Crippen molar-refractivity contribution in [3.05, 3.63) is 35.5 Å². The Morgan fingerprint density at radius 3 is 2.38 bits per heavy atom. The third-order valence-electron chi connectivity index (χ3n) is 3.99. The van der Waals surface area contributed by atoms with E-state index in [0.717, 1.165) is 12.8 Å². The lowest BCUT2D eigenvalue weighted by Gasteiger charge is -2.20.